The molecule has 9 heavy (non-hydrogen) atoms. The summed E-state index contributed by atoms with van der Waals surface area (Å²) in [4.78, 5) is 0. The van der Waals surface area contributed by atoms with Gasteiger partial charge in [0.05, 0.1) is 5.03 Å². The number of hydrogen-bond acceptors (Lipinski definition) is 0. The van der Waals surface area contributed by atoms with Crippen LogP contribution in [0.1, 0.15) is 0 Å². The van der Waals surface area contributed by atoms with E-state index in [0.717, 1.165) is 0 Å². The molecule has 0 bridgehead atoms. The molecule has 0 fully saturated rings. The van der Waals surface area contributed by atoms with Crippen molar-refractivity contribution in [3.63, 3.8) is 0 Å². The lowest BCUT2D eigenvalue weighted by Gasteiger charge is -1.88. The summed E-state index contributed by atoms with van der Waals surface area (Å²) in [5.41, 5.74) is 0. The van der Waals surface area contributed by atoms with Crippen molar-refractivity contribution in [1.82, 2.24) is 0 Å². The Labute approximate surface area is 66.8 Å². The molecule has 0 radical (unpaired) electrons. The first-order valence-electron chi connectivity index (χ1n) is 2.10. The SMILES string of the molecule is C=C(Br)/C=C(/Cl)C(=C)F. The average molecular weight is 211 g/mol. The van der Waals surface area contributed by atoms with Gasteiger partial charge in [0, 0.05) is 4.48 Å². The predicted molar refractivity (Wildman–Crippen MR) is 42.3 cm³/mol. The third-order valence-corrected chi connectivity index (χ3v) is 1.09. The van der Waals surface area contributed by atoms with E-state index in [-0.39, 0.29) is 5.03 Å². The van der Waals surface area contributed by atoms with Crippen molar-refractivity contribution in [3.05, 3.63) is 34.6 Å². The molecule has 0 aliphatic rings. The van der Waals surface area contributed by atoms with Gasteiger partial charge in [-0.25, -0.2) is 4.39 Å². The van der Waals surface area contributed by atoms with Crippen LogP contribution < -0.4 is 0 Å². The quantitative estimate of drug-likeness (QED) is 0.613. The Morgan fingerprint density at radius 3 is 2.11 bits per heavy atom. The highest BCUT2D eigenvalue weighted by Crippen LogP contribution is 2.17. The average Bonchev–Trinajstić information content (AvgIpc) is 1.63. The van der Waals surface area contributed by atoms with Gasteiger partial charge in [0.15, 0.2) is 0 Å². The van der Waals surface area contributed by atoms with Gasteiger partial charge in [0.25, 0.3) is 0 Å². The summed E-state index contributed by atoms with van der Waals surface area (Å²) in [6.45, 7) is 6.40. The number of hydrogen-bond donors (Lipinski definition) is 0. The van der Waals surface area contributed by atoms with Gasteiger partial charge in [-0.3, -0.25) is 0 Å². The molecule has 0 aromatic carbocycles. The second-order valence-corrected chi connectivity index (χ2v) is 2.77. The van der Waals surface area contributed by atoms with Gasteiger partial charge in [-0.15, -0.1) is 0 Å². The molecule has 0 atom stereocenters. The molecule has 0 saturated carbocycles. The normalized spacial score (nSPS) is 11.2. The third kappa shape index (κ3) is 4.43. The summed E-state index contributed by atoms with van der Waals surface area (Å²) >= 11 is 8.29. The summed E-state index contributed by atoms with van der Waals surface area (Å²) in [5, 5.41) is -0.0307. The van der Waals surface area contributed by atoms with E-state index in [1.54, 1.807) is 0 Å². The van der Waals surface area contributed by atoms with Crippen LogP contribution in [0.3, 0.4) is 0 Å². The minimum Gasteiger partial charge on any atom is -0.206 e. The highest BCUT2D eigenvalue weighted by molar-refractivity contribution is 9.11. The van der Waals surface area contributed by atoms with Crippen molar-refractivity contribution in [2.75, 3.05) is 0 Å². The molecule has 50 valence electrons. The standard InChI is InChI=1S/C6H5BrClF/c1-4(7)3-6(8)5(2)9/h3H,1-2H2/b6-3+. The van der Waals surface area contributed by atoms with Crippen molar-refractivity contribution in [2.24, 2.45) is 0 Å². The van der Waals surface area contributed by atoms with Crippen LogP contribution in [-0.4, -0.2) is 0 Å². The molecule has 0 aliphatic heterocycles. The molecular weight excluding hydrogens is 206 g/mol. The van der Waals surface area contributed by atoms with Crippen LogP contribution in [0.2, 0.25) is 0 Å². The number of allylic oxidation sites excluding steroid dienone is 4. The highest BCUT2D eigenvalue weighted by atomic mass is 79.9. The largest absolute Gasteiger partial charge is 0.206 e. The van der Waals surface area contributed by atoms with Gasteiger partial charge in [0.2, 0.25) is 0 Å². The van der Waals surface area contributed by atoms with Crippen LogP contribution in [-0.2, 0) is 0 Å². The van der Waals surface area contributed by atoms with Gasteiger partial charge in [-0.1, -0.05) is 40.7 Å². The smallest absolute Gasteiger partial charge is 0.134 e. The summed E-state index contributed by atoms with van der Waals surface area (Å²) in [5.74, 6) is -0.655. The number of halogens is 3. The maximum Gasteiger partial charge on any atom is 0.134 e. The maximum absolute atomic E-state index is 12.0. The van der Waals surface area contributed by atoms with Crippen LogP contribution in [0.5, 0.6) is 0 Å². The second kappa shape index (κ2) is 3.85. The van der Waals surface area contributed by atoms with Crippen molar-refractivity contribution < 1.29 is 4.39 Å². The fourth-order valence-corrected chi connectivity index (χ4v) is 0.708. The van der Waals surface area contributed by atoms with E-state index in [1.807, 2.05) is 0 Å². The highest BCUT2D eigenvalue weighted by Gasteiger charge is 1.94. The van der Waals surface area contributed by atoms with Gasteiger partial charge in [-0.2, -0.15) is 0 Å². The van der Waals surface area contributed by atoms with E-state index in [1.165, 1.54) is 6.08 Å². The summed E-state index contributed by atoms with van der Waals surface area (Å²) in [6, 6.07) is 0. The molecule has 0 N–H and O–H groups in total. The van der Waals surface area contributed by atoms with Crippen LogP contribution >= 0.6 is 27.5 Å². The second-order valence-electron chi connectivity index (χ2n) is 1.34. The first-order valence-corrected chi connectivity index (χ1v) is 3.27. The Hall–Kier alpha value is -0.0800. The minimum atomic E-state index is -0.655. The van der Waals surface area contributed by atoms with E-state index < -0.39 is 5.83 Å². The first kappa shape index (κ1) is 8.92. The van der Waals surface area contributed by atoms with E-state index >= 15 is 0 Å². The predicted octanol–water partition coefficient (Wildman–Crippen LogP) is 3.50. The fraction of sp³-hybridized carbons (Fsp3) is 0. The Morgan fingerprint density at radius 2 is 2.00 bits per heavy atom. The summed E-state index contributed by atoms with van der Waals surface area (Å²) in [6.07, 6.45) is 1.34. The van der Waals surface area contributed by atoms with Crippen LogP contribution in [0.15, 0.2) is 34.6 Å². The molecule has 0 spiro atoms. The molecule has 0 heterocycles. The Bertz CT molecular complexity index is 172. The molecule has 0 amide bonds. The number of rotatable bonds is 2. The van der Waals surface area contributed by atoms with E-state index in [9.17, 15) is 4.39 Å². The van der Waals surface area contributed by atoms with Gasteiger partial charge in [0.1, 0.15) is 5.83 Å². The van der Waals surface area contributed by atoms with Crippen molar-refractivity contribution in [2.45, 2.75) is 0 Å². The zero-order valence-electron chi connectivity index (χ0n) is 4.63. The maximum atomic E-state index is 12.0. The summed E-state index contributed by atoms with van der Waals surface area (Å²) < 4.78 is 12.5. The lowest BCUT2D eigenvalue weighted by atomic mass is 10.4. The van der Waals surface area contributed by atoms with Gasteiger partial charge < -0.3 is 0 Å². The Balaban J connectivity index is 4.17. The Kier molecular flexibility index (Phi) is 3.82. The van der Waals surface area contributed by atoms with Crippen LogP contribution in [0.25, 0.3) is 0 Å². The fourth-order valence-electron chi connectivity index (χ4n) is 0.216. The van der Waals surface area contributed by atoms with Crippen molar-refractivity contribution in [1.29, 1.82) is 0 Å². The topological polar surface area (TPSA) is 0 Å². The Morgan fingerprint density at radius 1 is 1.56 bits per heavy atom. The van der Waals surface area contributed by atoms with Crippen molar-refractivity contribution in [3.8, 4) is 0 Å². The lowest BCUT2D eigenvalue weighted by Crippen LogP contribution is -1.68. The van der Waals surface area contributed by atoms with Gasteiger partial charge >= 0.3 is 0 Å². The monoisotopic (exact) mass is 210 g/mol. The zero-order valence-corrected chi connectivity index (χ0v) is 6.97. The minimum absolute atomic E-state index is 0.0307. The molecule has 0 aromatic heterocycles. The lowest BCUT2D eigenvalue weighted by molar-refractivity contribution is 0.667. The molecule has 0 unspecified atom stereocenters. The third-order valence-electron chi connectivity index (χ3n) is 0.542. The molecule has 0 nitrogen and oxygen atoms in total. The first-order chi connectivity index (χ1) is 4.04. The summed E-state index contributed by atoms with van der Waals surface area (Å²) in [7, 11) is 0. The van der Waals surface area contributed by atoms with Crippen LogP contribution in [0, 0.1) is 0 Å². The molecule has 0 aromatic rings. The van der Waals surface area contributed by atoms with Gasteiger partial charge in [-0.05, 0) is 6.08 Å². The molecule has 3 heteroatoms. The molecule has 0 aliphatic carbocycles. The molecular formula is C6H5BrClF. The molecule has 0 rings (SSSR count). The van der Waals surface area contributed by atoms with E-state index in [4.69, 9.17) is 11.6 Å². The van der Waals surface area contributed by atoms with Crippen molar-refractivity contribution >= 4 is 27.5 Å². The zero-order chi connectivity index (χ0) is 7.44. The van der Waals surface area contributed by atoms with E-state index in [0.29, 0.717) is 4.48 Å². The molecule has 0 saturated heterocycles. The van der Waals surface area contributed by atoms with Crippen LogP contribution in [0.4, 0.5) is 4.39 Å². The van der Waals surface area contributed by atoms with E-state index in [2.05, 4.69) is 29.1 Å².